The van der Waals surface area contributed by atoms with E-state index >= 15 is 0 Å². The number of benzene rings is 2. The van der Waals surface area contributed by atoms with Crippen LogP contribution < -0.4 is 14.8 Å². The van der Waals surface area contributed by atoms with Gasteiger partial charge in [0.25, 0.3) is 0 Å². The van der Waals surface area contributed by atoms with Gasteiger partial charge in [0.2, 0.25) is 15.9 Å². The molecule has 26 heavy (non-hydrogen) atoms. The summed E-state index contributed by atoms with van der Waals surface area (Å²) in [4.78, 5) is 12.3. The lowest BCUT2D eigenvalue weighted by molar-refractivity contribution is -0.117. The Hall–Kier alpha value is -1.80. The predicted molar refractivity (Wildman–Crippen MR) is 103 cm³/mol. The van der Waals surface area contributed by atoms with E-state index in [4.69, 9.17) is 27.9 Å². The fourth-order valence-corrected chi connectivity index (χ4v) is 3.85. The van der Waals surface area contributed by atoms with Crippen molar-refractivity contribution < 1.29 is 17.9 Å². The minimum absolute atomic E-state index is 0.0382. The number of nitrogens with one attached hydrogen (secondary N) is 2. The molecule has 140 valence electrons. The monoisotopic (exact) mass is 416 g/mol. The van der Waals surface area contributed by atoms with Gasteiger partial charge in [-0.2, -0.15) is 4.72 Å². The minimum atomic E-state index is -3.89. The van der Waals surface area contributed by atoms with E-state index in [1.54, 1.807) is 31.2 Å². The average molecular weight is 417 g/mol. The molecule has 6 nitrogen and oxygen atoms in total. The number of anilines is 1. The molecule has 0 radical (unpaired) electrons. The molecule has 0 fully saturated rings. The van der Waals surface area contributed by atoms with Crippen LogP contribution in [0.5, 0.6) is 5.75 Å². The molecular formula is C17H18Cl2N2O4S. The van der Waals surface area contributed by atoms with Crippen molar-refractivity contribution in [1.82, 2.24) is 4.72 Å². The zero-order valence-corrected chi connectivity index (χ0v) is 16.7. The molecule has 0 saturated carbocycles. The average Bonchev–Trinajstić information content (AvgIpc) is 2.58. The number of sulfonamides is 1. The van der Waals surface area contributed by atoms with E-state index in [1.165, 1.54) is 26.2 Å². The number of amides is 1. The van der Waals surface area contributed by atoms with Crippen molar-refractivity contribution in [2.75, 3.05) is 12.4 Å². The first-order valence-electron chi connectivity index (χ1n) is 7.57. The van der Waals surface area contributed by atoms with Gasteiger partial charge in [0.05, 0.1) is 33.8 Å². The summed E-state index contributed by atoms with van der Waals surface area (Å²) < 4.78 is 32.4. The maximum absolute atomic E-state index is 12.5. The molecule has 2 N–H and O–H groups in total. The highest BCUT2D eigenvalue weighted by molar-refractivity contribution is 7.89. The van der Waals surface area contributed by atoms with E-state index in [1.807, 2.05) is 0 Å². The molecule has 0 heterocycles. The van der Waals surface area contributed by atoms with Gasteiger partial charge >= 0.3 is 0 Å². The van der Waals surface area contributed by atoms with Gasteiger partial charge in [-0.1, -0.05) is 29.3 Å². The molecule has 2 aromatic rings. The number of carbonyl (C=O) groups is 1. The highest BCUT2D eigenvalue weighted by Gasteiger charge is 2.23. The van der Waals surface area contributed by atoms with Crippen molar-refractivity contribution in [2.24, 2.45) is 0 Å². The highest BCUT2D eigenvalue weighted by Crippen LogP contribution is 2.29. The van der Waals surface area contributed by atoms with Crippen LogP contribution in [0.3, 0.4) is 0 Å². The smallest absolute Gasteiger partial charge is 0.242 e. The zero-order valence-electron chi connectivity index (χ0n) is 14.3. The van der Waals surface area contributed by atoms with Crippen molar-refractivity contribution in [3.05, 3.63) is 52.0 Å². The second kappa shape index (κ2) is 8.26. The summed E-state index contributed by atoms with van der Waals surface area (Å²) in [5.41, 5.74) is 0.966. The number of carbonyl (C=O) groups excluding carboxylic acids is 1. The summed E-state index contributed by atoms with van der Waals surface area (Å²) in [6.45, 7) is 3.16. The van der Waals surface area contributed by atoms with Crippen LogP contribution in [0.25, 0.3) is 0 Å². The van der Waals surface area contributed by atoms with E-state index in [0.717, 1.165) is 0 Å². The molecule has 0 aliphatic heterocycles. The first-order valence-corrected chi connectivity index (χ1v) is 9.81. The molecular weight excluding hydrogens is 399 g/mol. The van der Waals surface area contributed by atoms with Gasteiger partial charge in [-0.25, -0.2) is 8.42 Å². The minimum Gasteiger partial charge on any atom is -0.496 e. The molecule has 0 aliphatic carbocycles. The van der Waals surface area contributed by atoms with Crippen LogP contribution >= 0.6 is 23.2 Å². The second-order valence-electron chi connectivity index (χ2n) is 5.57. The number of hydrogen-bond acceptors (Lipinski definition) is 4. The van der Waals surface area contributed by atoms with E-state index in [9.17, 15) is 13.2 Å². The van der Waals surface area contributed by atoms with Gasteiger partial charge in [-0.05, 0) is 49.7 Å². The Kier molecular flexibility index (Phi) is 6.52. The van der Waals surface area contributed by atoms with Crippen LogP contribution in [0, 0.1) is 6.92 Å². The molecule has 2 rings (SSSR count). The van der Waals surface area contributed by atoms with Crippen LogP contribution in [-0.4, -0.2) is 27.5 Å². The number of rotatable bonds is 6. The van der Waals surface area contributed by atoms with Crippen molar-refractivity contribution >= 4 is 44.8 Å². The predicted octanol–water partition coefficient (Wildman–Crippen LogP) is 3.62. The molecule has 1 unspecified atom stereocenters. The van der Waals surface area contributed by atoms with Crippen LogP contribution in [0.1, 0.15) is 12.5 Å². The number of halogens is 2. The van der Waals surface area contributed by atoms with E-state index in [-0.39, 0.29) is 14.9 Å². The van der Waals surface area contributed by atoms with Crippen LogP contribution in [0.15, 0.2) is 41.3 Å². The summed E-state index contributed by atoms with van der Waals surface area (Å²) in [6, 6.07) is 8.18. The van der Waals surface area contributed by atoms with E-state index < -0.39 is 22.0 Å². The molecule has 0 aliphatic rings. The Balaban J connectivity index is 2.14. The molecule has 0 saturated heterocycles. The Morgan fingerprint density at radius 1 is 1.19 bits per heavy atom. The molecule has 0 aromatic heterocycles. The number of methoxy groups -OCH3 is 1. The fraction of sp³-hybridized carbons (Fsp3) is 0.235. The Bertz CT molecular complexity index is 932. The zero-order chi connectivity index (χ0) is 19.5. The summed E-state index contributed by atoms with van der Waals surface area (Å²) in [6.07, 6.45) is 0. The molecule has 1 amide bonds. The van der Waals surface area contributed by atoms with E-state index in [0.29, 0.717) is 17.0 Å². The summed E-state index contributed by atoms with van der Waals surface area (Å²) in [7, 11) is -2.39. The third kappa shape index (κ3) is 4.67. The first-order chi connectivity index (χ1) is 12.2. The van der Waals surface area contributed by atoms with Crippen molar-refractivity contribution in [3.63, 3.8) is 0 Å². The maximum Gasteiger partial charge on any atom is 0.242 e. The summed E-state index contributed by atoms with van der Waals surface area (Å²) in [5.74, 6) is 0.00770. The van der Waals surface area contributed by atoms with Crippen molar-refractivity contribution in [2.45, 2.75) is 24.8 Å². The summed E-state index contributed by atoms with van der Waals surface area (Å²) >= 11 is 11.9. The van der Waals surface area contributed by atoms with Crippen LogP contribution in [0.4, 0.5) is 5.69 Å². The standard InChI is InChI=1S/C17H18Cl2N2O4S/c1-10-9-12(7-8-15(10)25-3)26(23,24)21-11(2)17(22)20-14-6-4-5-13(18)16(14)19/h4-9,11,21H,1-3H3,(H,20,22). The SMILES string of the molecule is COc1ccc(S(=O)(=O)NC(C)C(=O)Nc2cccc(Cl)c2Cl)cc1C. The number of hydrogen-bond donors (Lipinski definition) is 2. The van der Waals surface area contributed by atoms with Gasteiger partial charge < -0.3 is 10.1 Å². The Morgan fingerprint density at radius 2 is 1.88 bits per heavy atom. The first kappa shape index (κ1) is 20.5. The lowest BCUT2D eigenvalue weighted by Crippen LogP contribution is -2.41. The van der Waals surface area contributed by atoms with Crippen molar-refractivity contribution in [1.29, 1.82) is 0 Å². The number of aryl methyl sites for hydroxylation is 1. The molecule has 9 heteroatoms. The quantitative estimate of drug-likeness (QED) is 0.752. The summed E-state index contributed by atoms with van der Waals surface area (Å²) in [5, 5.41) is 3.02. The highest BCUT2D eigenvalue weighted by atomic mass is 35.5. The molecule has 2 aromatic carbocycles. The lowest BCUT2D eigenvalue weighted by atomic mass is 10.2. The molecule has 1 atom stereocenters. The number of ether oxygens (including phenoxy) is 1. The normalized spacial score (nSPS) is 12.5. The molecule has 0 bridgehead atoms. The van der Waals surface area contributed by atoms with Crippen molar-refractivity contribution in [3.8, 4) is 5.75 Å². The molecule has 0 spiro atoms. The Labute approximate surface area is 162 Å². The lowest BCUT2D eigenvalue weighted by Gasteiger charge is -2.16. The van der Waals surface area contributed by atoms with Gasteiger partial charge in [0.1, 0.15) is 5.75 Å². The maximum atomic E-state index is 12.5. The van der Waals surface area contributed by atoms with Gasteiger partial charge in [-0.3, -0.25) is 4.79 Å². The Morgan fingerprint density at radius 3 is 2.50 bits per heavy atom. The third-order valence-electron chi connectivity index (χ3n) is 3.61. The largest absolute Gasteiger partial charge is 0.496 e. The van der Waals surface area contributed by atoms with Gasteiger partial charge in [0, 0.05) is 0 Å². The van der Waals surface area contributed by atoms with Gasteiger partial charge in [0.15, 0.2) is 0 Å². The van der Waals surface area contributed by atoms with E-state index in [2.05, 4.69) is 10.0 Å². The fourth-order valence-electron chi connectivity index (χ4n) is 2.21. The van der Waals surface area contributed by atoms with Crippen LogP contribution in [-0.2, 0) is 14.8 Å². The van der Waals surface area contributed by atoms with Gasteiger partial charge in [-0.15, -0.1) is 0 Å². The topological polar surface area (TPSA) is 84.5 Å². The third-order valence-corrected chi connectivity index (χ3v) is 5.97. The second-order valence-corrected chi connectivity index (χ2v) is 8.06. The van der Waals surface area contributed by atoms with Crippen LogP contribution in [0.2, 0.25) is 10.0 Å².